The first-order valence-corrected chi connectivity index (χ1v) is 7.19. The largest absolute Gasteiger partial charge is 0.478 e. The van der Waals surface area contributed by atoms with Crippen molar-refractivity contribution in [2.24, 2.45) is 16.7 Å². The number of nitrogens with zero attached hydrogens (tertiary/aromatic N) is 1. The lowest BCUT2D eigenvalue weighted by Gasteiger charge is -2.11. The summed E-state index contributed by atoms with van der Waals surface area (Å²) in [6, 6.07) is 9.90. The zero-order chi connectivity index (χ0) is 14.8. The van der Waals surface area contributed by atoms with Gasteiger partial charge in [0.15, 0.2) is 6.61 Å². The molecule has 0 unspecified atom stereocenters. The number of nitriles is 1. The van der Waals surface area contributed by atoms with Gasteiger partial charge in [0.05, 0.1) is 0 Å². The maximum Gasteiger partial charge on any atom is 0.174 e. The Labute approximate surface area is 121 Å². The van der Waals surface area contributed by atoms with Crippen molar-refractivity contribution in [1.29, 1.82) is 5.26 Å². The van der Waals surface area contributed by atoms with E-state index in [1.807, 2.05) is 30.3 Å². The summed E-state index contributed by atoms with van der Waals surface area (Å²) in [4.78, 5) is 0. The molecular weight excluding hydrogens is 248 g/mol. The average molecular weight is 272 g/mol. The average Bonchev–Trinajstić information content (AvgIpc) is 2.79. The third kappa shape index (κ3) is 2.66. The number of benzene rings is 1. The topological polar surface area (TPSA) is 45.0 Å². The molecule has 3 nitrogen and oxygen atoms in total. The molecule has 0 heterocycles. The highest BCUT2D eigenvalue weighted by atomic mass is 16.5. The molecule has 0 radical (unpaired) electrons. The zero-order valence-electron chi connectivity index (χ0n) is 12.9. The molecule has 0 saturated heterocycles. The molecule has 0 amide bonds. The van der Waals surface area contributed by atoms with Crippen LogP contribution in [0, 0.1) is 28.1 Å². The molecule has 1 aliphatic rings. The molecule has 1 fully saturated rings. The van der Waals surface area contributed by atoms with E-state index in [0.717, 1.165) is 24.4 Å². The molecule has 0 spiro atoms. The summed E-state index contributed by atoms with van der Waals surface area (Å²) in [6.07, 6.45) is 0. The van der Waals surface area contributed by atoms with Gasteiger partial charge in [0, 0.05) is 12.1 Å². The Kier molecular flexibility index (Phi) is 4.06. The summed E-state index contributed by atoms with van der Waals surface area (Å²) in [6.45, 7) is 11.2. The molecule has 0 atom stereocenters. The van der Waals surface area contributed by atoms with Crippen molar-refractivity contribution in [3.8, 4) is 11.8 Å². The van der Waals surface area contributed by atoms with Crippen molar-refractivity contribution < 1.29 is 4.74 Å². The van der Waals surface area contributed by atoms with Gasteiger partial charge >= 0.3 is 0 Å². The van der Waals surface area contributed by atoms with Crippen LogP contribution in [-0.4, -0.2) is 13.2 Å². The molecule has 1 N–H and O–H groups in total. The molecule has 3 heteroatoms. The third-order valence-corrected chi connectivity index (χ3v) is 5.25. The molecule has 1 aromatic carbocycles. The summed E-state index contributed by atoms with van der Waals surface area (Å²) in [7, 11) is 0. The summed E-state index contributed by atoms with van der Waals surface area (Å²) in [5, 5.41) is 12.1. The fourth-order valence-electron chi connectivity index (χ4n) is 3.10. The molecule has 2 rings (SSSR count). The third-order valence-electron chi connectivity index (χ3n) is 5.25. The predicted octanol–water partition coefficient (Wildman–Crippen LogP) is 3.36. The van der Waals surface area contributed by atoms with Crippen LogP contribution in [0.1, 0.15) is 33.3 Å². The van der Waals surface area contributed by atoms with Gasteiger partial charge in [0.1, 0.15) is 11.8 Å². The minimum absolute atomic E-state index is 0.0969. The lowest BCUT2D eigenvalue weighted by atomic mass is 10.0. The second-order valence-corrected chi connectivity index (χ2v) is 6.68. The summed E-state index contributed by atoms with van der Waals surface area (Å²) >= 11 is 0. The normalized spacial score (nSPS) is 19.4. The highest BCUT2D eigenvalue weighted by molar-refractivity contribution is 5.33. The van der Waals surface area contributed by atoms with Gasteiger partial charge in [-0.05, 0) is 29.4 Å². The highest BCUT2D eigenvalue weighted by Crippen LogP contribution is 2.67. The highest BCUT2D eigenvalue weighted by Gasteiger charge is 2.63. The molecular formula is C17H24N2O. The van der Waals surface area contributed by atoms with Crippen molar-refractivity contribution in [3.05, 3.63) is 29.8 Å². The van der Waals surface area contributed by atoms with Gasteiger partial charge in [0.2, 0.25) is 0 Å². The van der Waals surface area contributed by atoms with E-state index in [1.54, 1.807) is 0 Å². The summed E-state index contributed by atoms with van der Waals surface area (Å²) in [5.74, 6) is 1.51. The van der Waals surface area contributed by atoms with Crippen LogP contribution in [0.2, 0.25) is 0 Å². The summed E-state index contributed by atoms with van der Waals surface area (Å²) in [5.41, 5.74) is 1.94. The molecule has 1 aliphatic carbocycles. The SMILES string of the molecule is CC1(C)C(CNCc2ccccc2OCC#N)C1(C)C. The van der Waals surface area contributed by atoms with Crippen molar-refractivity contribution in [2.75, 3.05) is 13.2 Å². The van der Waals surface area contributed by atoms with Crippen molar-refractivity contribution in [3.63, 3.8) is 0 Å². The Bertz CT molecular complexity index is 500. The fraction of sp³-hybridized carbons (Fsp3) is 0.588. The van der Waals surface area contributed by atoms with Crippen molar-refractivity contribution >= 4 is 0 Å². The maximum atomic E-state index is 8.60. The maximum absolute atomic E-state index is 8.60. The molecule has 0 bridgehead atoms. The minimum Gasteiger partial charge on any atom is -0.478 e. The van der Waals surface area contributed by atoms with Gasteiger partial charge in [-0.2, -0.15) is 5.26 Å². The lowest BCUT2D eigenvalue weighted by Crippen LogP contribution is -2.19. The number of rotatable bonds is 6. The number of ether oxygens (including phenoxy) is 1. The number of para-hydroxylation sites is 1. The van der Waals surface area contributed by atoms with E-state index in [0.29, 0.717) is 16.7 Å². The van der Waals surface area contributed by atoms with Gasteiger partial charge < -0.3 is 10.1 Å². The predicted molar refractivity (Wildman–Crippen MR) is 80.3 cm³/mol. The Morgan fingerprint density at radius 1 is 1.20 bits per heavy atom. The molecule has 108 valence electrons. The van der Waals surface area contributed by atoms with Crippen LogP contribution in [0.5, 0.6) is 5.75 Å². The van der Waals surface area contributed by atoms with Crippen LogP contribution in [0.25, 0.3) is 0 Å². The van der Waals surface area contributed by atoms with Gasteiger partial charge in [-0.15, -0.1) is 0 Å². The standard InChI is InChI=1S/C17H24N2O/c1-16(2)15(17(16,3)4)12-19-11-13-7-5-6-8-14(13)20-10-9-18/h5-8,15,19H,10-12H2,1-4H3. The Morgan fingerprint density at radius 2 is 1.85 bits per heavy atom. The first-order chi connectivity index (χ1) is 9.41. The Morgan fingerprint density at radius 3 is 2.45 bits per heavy atom. The number of hydrogen-bond donors (Lipinski definition) is 1. The van der Waals surface area contributed by atoms with Crippen molar-refractivity contribution in [1.82, 2.24) is 5.32 Å². The molecule has 20 heavy (non-hydrogen) atoms. The van der Waals surface area contributed by atoms with Gasteiger partial charge in [-0.3, -0.25) is 0 Å². The van der Waals surface area contributed by atoms with Crippen LogP contribution in [0.4, 0.5) is 0 Å². The van der Waals surface area contributed by atoms with Crippen LogP contribution < -0.4 is 10.1 Å². The first kappa shape index (κ1) is 14.9. The fourth-order valence-corrected chi connectivity index (χ4v) is 3.10. The van der Waals surface area contributed by atoms with Crippen LogP contribution in [0.15, 0.2) is 24.3 Å². The van der Waals surface area contributed by atoms with Gasteiger partial charge in [-0.25, -0.2) is 0 Å². The second kappa shape index (κ2) is 5.46. The van der Waals surface area contributed by atoms with Gasteiger partial charge in [0.25, 0.3) is 0 Å². The van der Waals surface area contributed by atoms with E-state index in [4.69, 9.17) is 10.00 Å². The minimum atomic E-state index is 0.0969. The molecule has 1 saturated carbocycles. The van der Waals surface area contributed by atoms with E-state index < -0.39 is 0 Å². The van der Waals surface area contributed by atoms with Gasteiger partial charge in [-0.1, -0.05) is 45.9 Å². The first-order valence-electron chi connectivity index (χ1n) is 7.19. The Balaban J connectivity index is 1.88. The quantitative estimate of drug-likeness (QED) is 0.863. The van der Waals surface area contributed by atoms with Crippen LogP contribution in [0.3, 0.4) is 0 Å². The molecule has 0 aliphatic heterocycles. The number of nitrogens with one attached hydrogen (secondary N) is 1. The molecule has 1 aromatic rings. The summed E-state index contributed by atoms with van der Waals surface area (Å²) < 4.78 is 5.44. The zero-order valence-corrected chi connectivity index (χ0v) is 12.9. The smallest absolute Gasteiger partial charge is 0.174 e. The number of hydrogen-bond acceptors (Lipinski definition) is 3. The molecule has 0 aromatic heterocycles. The van der Waals surface area contributed by atoms with Crippen LogP contribution in [-0.2, 0) is 6.54 Å². The van der Waals surface area contributed by atoms with E-state index in [2.05, 4.69) is 33.0 Å². The van der Waals surface area contributed by atoms with Crippen molar-refractivity contribution in [2.45, 2.75) is 34.2 Å². The Hall–Kier alpha value is -1.53. The second-order valence-electron chi connectivity index (χ2n) is 6.68. The van der Waals surface area contributed by atoms with E-state index in [1.165, 1.54) is 0 Å². The van der Waals surface area contributed by atoms with Crippen LogP contribution >= 0.6 is 0 Å². The van der Waals surface area contributed by atoms with E-state index >= 15 is 0 Å². The lowest BCUT2D eigenvalue weighted by molar-refractivity contribution is 0.362. The van der Waals surface area contributed by atoms with E-state index in [-0.39, 0.29) is 6.61 Å². The monoisotopic (exact) mass is 272 g/mol. The van der Waals surface area contributed by atoms with E-state index in [9.17, 15) is 0 Å².